The summed E-state index contributed by atoms with van der Waals surface area (Å²) in [4.78, 5) is 21.8. The van der Waals surface area contributed by atoms with Gasteiger partial charge in [0.15, 0.2) is 0 Å². The minimum Gasteiger partial charge on any atom is -0.497 e. The number of nitrogens with zero attached hydrogens (tertiary/aromatic N) is 1. The maximum absolute atomic E-state index is 11.3. The molecule has 24 heavy (non-hydrogen) atoms. The van der Waals surface area contributed by atoms with Gasteiger partial charge in [0, 0.05) is 5.75 Å². The van der Waals surface area contributed by atoms with Gasteiger partial charge in [-0.15, -0.1) is 11.8 Å². The molecule has 9 heteroatoms. The van der Waals surface area contributed by atoms with Crippen LogP contribution in [0.1, 0.15) is 11.1 Å². The topological polar surface area (TPSA) is 115 Å². The molecule has 0 saturated carbocycles. The molecule has 1 fully saturated rings. The van der Waals surface area contributed by atoms with E-state index in [-0.39, 0.29) is 11.1 Å². The van der Waals surface area contributed by atoms with Gasteiger partial charge >= 0.3 is 5.97 Å². The molecule has 2 heterocycles. The van der Waals surface area contributed by atoms with Crippen molar-refractivity contribution >= 4 is 23.4 Å². The summed E-state index contributed by atoms with van der Waals surface area (Å²) in [5.41, 5.74) is 0.218. The van der Waals surface area contributed by atoms with Crippen molar-refractivity contribution in [1.82, 2.24) is 5.32 Å². The summed E-state index contributed by atoms with van der Waals surface area (Å²) in [5.74, 6) is 0.778. The molecule has 1 aliphatic heterocycles. The molecule has 0 aliphatic carbocycles. The molecular formula is C15H14N2O6S. The van der Waals surface area contributed by atoms with Gasteiger partial charge in [-0.05, 0) is 24.3 Å². The molecule has 3 rings (SSSR count). The molecule has 0 spiro atoms. The standard InChI is InChI=1S/C15H14N2O6S/c1-22-8-2-3-9(11(6-8)17(20)21)12-4-5-13(23-12)14-16-10(7-24-14)15(18)19/h2-6,10,14,16H,7H2,1H3,(H,18,19). The predicted octanol–water partition coefficient (Wildman–Crippen LogP) is 2.65. The smallest absolute Gasteiger partial charge is 0.321 e. The summed E-state index contributed by atoms with van der Waals surface area (Å²) in [5, 5.41) is 22.9. The third-order valence-electron chi connectivity index (χ3n) is 3.63. The van der Waals surface area contributed by atoms with E-state index in [0.717, 1.165) is 0 Å². The van der Waals surface area contributed by atoms with E-state index in [0.29, 0.717) is 28.6 Å². The third-order valence-corrected chi connectivity index (χ3v) is 4.86. The Bertz CT molecular complexity index is 790. The first-order chi connectivity index (χ1) is 11.5. The van der Waals surface area contributed by atoms with Crippen LogP contribution in [0.3, 0.4) is 0 Å². The fourth-order valence-corrected chi connectivity index (χ4v) is 3.59. The zero-order valence-electron chi connectivity index (χ0n) is 12.6. The van der Waals surface area contributed by atoms with Crippen LogP contribution >= 0.6 is 11.8 Å². The van der Waals surface area contributed by atoms with Crippen molar-refractivity contribution in [1.29, 1.82) is 0 Å². The minimum atomic E-state index is -0.914. The van der Waals surface area contributed by atoms with Crippen molar-refractivity contribution in [2.75, 3.05) is 12.9 Å². The van der Waals surface area contributed by atoms with Crippen molar-refractivity contribution in [3.05, 3.63) is 46.2 Å². The molecule has 0 amide bonds. The molecule has 2 N–H and O–H groups in total. The number of aliphatic carboxylic acids is 1. The lowest BCUT2D eigenvalue weighted by atomic mass is 10.1. The quantitative estimate of drug-likeness (QED) is 0.625. The Kier molecular flexibility index (Phi) is 4.45. The summed E-state index contributed by atoms with van der Waals surface area (Å²) in [6, 6.07) is 7.21. The Morgan fingerprint density at radius 3 is 2.88 bits per heavy atom. The number of carboxylic acids is 1. The lowest BCUT2D eigenvalue weighted by Crippen LogP contribution is -2.33. The molecule has 1 aromatic heterocycles. The molecule has 2 unspecified atom stereocenters. The Balaban J connectivity index is 1.89. The average Bonchev–Trinajstić information content (AvgIpc) is 3.23. The summed E-state index contributed by atoms with van der Waals surface area (Å²) in [6.07, 6.45) is 0. The van der Waals surface area contributed by atoms with E-state index < -0.39 is 16.9 Å². The Morgan fingerprint density at radius 1 is 1.46 bits per heavy atom. The molecule has 8 nitrogen and oxygen atoms in total. The van der Waals surface area contributed by atoms with Crippen molar-refractivity contribution in [3.8, 4) is 17.1 Å². The molecule has 1 aliphatic rings. The average molecular weight is 350 g/mol. The van der Waals surface area contributed by atoms with Gasteiger partial charge in [0.1, 0.15) is 28.7 Å². The minimum absolute atomic E-state index is 0.120. The van der Waals surface area contributed by atoms with Crippen molar-refractivity contribution in [2.45, 2.75) is 11.4 Å². The Hall–Kier alpha value is -2.52. The van der Waals surface area contributed by atoms with Gasteiger partial charge in [0.05, 0.1) is 23.7 Å². The van der Waals surface area contributed by atoms with E-state index in [1.54, 1.807) is 24.3 Å². The number of hydrogen-bond donors (Lipinski definition) is 2. The lowest BCUT2D eigenvalue weighted by molar-refractivity contribution is -0.384. The number of thioether (sulfide) groups is 1. The van der Waals surface area contributed by atoms with E-state index in [9.17, 15) is 14.9 Å². The first-order valence-corrected chi connectivity index (χ1v) is 8.07. The van der Waals surface area contributed by atoms with Crippen LogP contribution < -0.4 is 10.1 Å². The van der Waals surface area contributed by atoms with Gasteiger partial charge in [-0.2, -0.15) is 0 Å². The highest BCUT2D eigenvalue weighted by Gasteiger charge is 2.32. The van der Waals surface area contributed by atoms with E-state index in [2.05, 4.69) is 5.32 Å². The molecular weight excluding hydrogens is 336 g/mol. The second-order valence-electron chi connectivity index (χ2n) is 5.11. The number of methoxy groups -OCH3 is 1. The van der Waals surface area contributed by atoms with Gasteiger partial charge in [-0.1, -0.05) is 0 Å². The van der Waals surface area contributed by atoms with Crippen molar-refractivity contribution in [2.24, 2.45) is 0 Å². The van der Waals surface area contributed by atoms with E-state index in [4.69, 9.17) is 14.3 Å². The van der Waals surface area contributed by atoms with E-state index in [1.165, 1.54) is 24.9 Å². The maximum Gasteiger partial charge on any atom is 0.321 e. The molecule has 126 valence electrons. The Labute approximate surface area is 140 Å². The summed E-state index contributed by atoms with van der Waals surface area (Å²) in [6.45, 7) is 0. The summed E-state index contributed by atoms with van der Waals surface area (Å²) < 4.78 is 10.7. The number of furan rings is 1. The van der Waals surface area contributed by atoms with Gasteiger partial charge in [0.2, 0.25) is 0 Å². The molecule has 0 bridgehead atoms. The second-order valence-corrected chi connectivity index (χ2v) is 6.25. The SMILES string of the molecule is COc1ccc(-c2ccc(C3NC(C(=O)O)CS3)o2)c([N+](=O)[O-])c1. The van der Waals surface area contributed by atoms with Crippen LogP contribution in [0, 0.1) is 10.1 Å². The summed E-state index contributed by atoms with van der Waals surface area (Å²) >= 11 is 1.42. The number of rotatable bonds is 5. The van der Waals surface area contributed by atoms with Crippen LogP contribution in [0.4, 0.5) is 5.69 Å². The first-order valence-electron chi connectivity index (χ1n) is 7.02. The lowest BCUT2D eigenvalue weighted by Gasteiger charge is -2.08. The zero-order valence-corrected chi connectivity index (χ0v) is 13.4. The highest BCUT2D eigenvalue weighted by atomic mass is 32.2. The van der Waals surface area contributed by atoms with Crippen molar-refractivity contribution < 1.29 is 24.0 Å². The van der Waals surface area contributed by atoms with Crippen LogP contribution in [-0.2, 0) is 4.79 Å². The first kappa shape index (κ1) is 16.3. The molecule has 0 radical (unpaired) electrons. The van der Waals surface area contributed by atoms with Crippen LogP contribution in [0.2, 0.25) is 0 Å². The monoisotopic (exact) mass is 350 g/mol. The van der Waals surface area contributed by atoms with Gasteiger partial charge in [-0.25, -0.2) is 0 Å². The fourth-order valence-electron chi connectivity index (χ4n) is 2.41. The number of hydrogen-bond acceptors (Lipinski definition) is 7. The highest BCUT2D eigenvalue weighted by Crippen LogP contribution is 2.38. The van der Waals surface area contributed by atoms with Crippen molar-refractivity contribution in [3.63, 3.8) is 0 Å². The normalized spacial score (nSPS) is 20.0. The Morgan fingerprint density at radius 2 is 2.25 bits per heavy atom. The maximum atomic E-state index is 11.3. The molecule has 1 saturated heterocycles. The number of carboxylic acid groups (broad SMARTS) is 1. The predicted molar refractivity (Wildman–Crippen MR) is 87.1 cm³/mol. The second kappa shape index (κ2) is 6.54. The summed E-state index contributed by atoms with van der Waals surface area (Å²) in [7, 11) is 1.44. The molecule has 1 aromatic carbocycles. The number of nitro benzene ring substituents is 1. The van der Waals surface area contributed by atoms with Gasteiger partial charge in [-0.3, -0.25) is 20.2 Å². The van der Waals surface area contributed by atoms with E-state index >= 15 is 0 Å². The highest BCUT2D eigenvalue weighted by molar-refractivity contribution is 7.99. The molecule has 2 atom stereocenters. The number of carbonyl (C=O) groups is 1. The van der Waals surface area contributed by atoms with Gasteiger partial charge < -0.3 is 14.3 Å². The van der Waals surface area contributed by atoms with Crippen LogP contribution in [0.5, 0.6) is 5.75 Å². The number of benzene rings is 1. The fraction of sp³-hybridized carbons (Fsp3) is 0.267. The van der Waals surface area contributed by atoms with E-state index in [1.807, 2.05) is 0 Å². The number of nitro groups is 1. The van der Waals surface area contributed by atoms with Crippen LogP contribution in [0.25, 0.3) is 11.3 Å². The zero-order chi connectivity index (χ0) is 17.3. The third kappa shape index (κ3) is 3.08. The largest absolute Gasteiger partial charge is 0.497 e. The molecule has 2 aromatic rings. The van der Waals surface area contributed by atoms with Gasteiger partial charge in [0.25, 0.3) is 5.69 Å². The number of nitrogens with one attached hydrogen (secondary N) is 1. The van der Waals surface area contributed by atoms with Crippen LogP contribution in [0.15, 0.2) is 34.7 Å². The number of ether oxygens (including phenoxy) is 1. The van der Waals surface area contributed by atoms with Crippen LogP contribution in [-0.4, -0.2) is 34.9 Å².